The van der Waals surface area contributed by atoms with Gasteiger partial charge in [0.1, 0.15) is 12.1 Å². The molecule has 0 aliphatic carbocycles. The first-order valence-corrected chi connectivity index (χ1v) is 5.85. The molecule has 14 heavy (non-hydrogen) atoms. The molecule has 1 heterocycles. The van der Waals surface area contributed by atoms with Gasteiger partial charge in [-0.2, -0.15) is 0 Å². The predicted molar refractivity (Wildman–Crippen MR) is 56.0 cm³/mol. The van der Waals surface area contributed by atoms with Crippen LogP contribution < -0.4 is 10.1 Å². The highest BCUT2D eigenvalue weighted by Crippen LogP contribution is 2.09. The lowest BCUT2D eigenvalue weighted by Crippen LogP contribution is -2.10. The van der Waals surface area contributed by atoms with Crippen molar-refractivity contribution in [2.45, 2.75) is 0 Å². The molecule has 1 aromatic rings. The Morgan fingerprint density at radius 1 is 1.57 bits per heavy atom. The summed E-state index contributed by atoms with van der Waals surface area (Å²) in [7, 11) is 0.765. The van der Waals surface area contributed by atoms with Crippen molar-refractivity contribution < 1.29 is 8.95 Å². The molecule has 0 aliphatic rings. The predicted octanol–water partition coefficient (Wildman–Crippen LogP) is 0.276. The van der Waals surface area contributed by atoms with E-state index in [0.29, 0.717) is 24.0 Å². The normalized spacial score (nSPS) is 12.1. The lowest BCUT2D eigenvalue weighted by Gasteiger charge is -2.04. The molecule has 0 saturated heterocycles. The number of methoxy groups -OCH3 is 1. The second-order valence-electron chi connectivity index (χ2n) is 2.65. The molecule has 1 N–H and O–H groups in total. The highest BCUT2D eigenvalue weighted by molar-refractivity contribution is 7.84. The molecular formula is C8H13N3O2S. The van der Waals surface area contributed by atoms with E-state index in [0.717, 1.165) is 0 Å². The summed E-state index contributed by atoms with van der Waals surface area (Å²) < 4.78 is 15.7. The standard InChI is InChI=1S/C8H13N3O2S/c1-13-8-5-7(10-6-11-8)9-3-4-14(2)12/h5-6H,3-4H2,1-2H3,(H,9,10,11). The molecule has 6 heteroatoms. The molecule has 0 aromatic carbocycles. The number of ether oxygens (including phenoxy) is 1. The molecular weight excluding hydrogens is 202 g/mol. The molecule has 1 unspecified atom stereocenters. The summed E-state index contributed by atoms with van der Waals surface area (Å²) in [6, 6.07) is 1.69. The zero-order chi connectivity index (χ0) is 10.4. The molecule has 5 nitrogen and oxygen atoms in total. The summed E-state index contributed by atoms with van der Waals surface area (Å²) in [5.74, 6) is 1.80. The Labute approximate surface area is 85.4 Å². The van der Waals surface area contributed by atoms with E-state index in [1.807, 2.05) is 0 Å². The molecule has 0 spiro atoms. The fraction of sp³-hybridized carbons (Fsp3) is 0.500. The summed E-state index contributed by atoms with van der Waals surface area (Å²) in [6.45, 7) is 0.628. The van der Waals surface area contributed by atoms with Crippen LogP contribution in [0.2, 0.25) is 0 Å². The molecule has 1 atom stereocenters. The number of anilines is 1. The fourth-order valence-electron chi connectivity index (χ4n) is 0.871. The maximum absolute atomic E-state index is 10.8. The van der Waals surface area contributed by atoms with Gasteiger partial charge >= 0.3 is 0 Å². The maximum atomic E-state index is 10.8. The third-order valence-electron chi connectivity index (χ3n) is 1.55. The number of hydrogen-bond donors (Lipinski definition) is 1. The molecule has 0 radical (unpaired) electrons. The van der Waals surface area contributed by atoms with Crippen LogP contribution in [0.1, 0.15) is 0 Å². The highest BCUT2D eigenvalue weighted by Gasteiger charge is 1.97. The monoisotopic (exact) mass is 215 g/mol. The van der Waals surface area contributed by atoms with Crippen LogP contribution in [0.15, 0.2) is 12.4 Å². The van der Waals surface area contributed by atoms with Crippen LogP contribution >= 0.6 is 0 Å². The smallest absolute Gasteiger partial charge is 0.218 e. The van der Waals surface area contributed by atoms with Gasteiger partial charge in [0.15, 0.2) is 0 Å². The van der Waals surface area contributed by atoms with Gasteiger partial charge in [0.2, 0.25) is 5.88 Å². The molecule has 0 saturated carbocycles. The van der Waals surface area contributed by atoms with Gasteiger partial charge in [-0.3, -0.25) is 4.21 Å². The lowest BCUT2D eigenvalue weighted by molar-refractivity contribution is 0.397. The Hall–Kier alpha value is -1.17. The molecule has 1 aromatic heterocycles. The molecule has 78 valence electrons. The number of hydrogen-bond acceptors (Lipinski definition) is 5. The van der Waals surface area contributed by atoms with Crippen molar-refractivity contribution >= 4 is 16.6 Å². The van der Waals surface area contributed by atoms with Crippen LogP contribution in [-0.2, 0) is 10.8 Å². The fourth-order valence-corrected chi connectivity index (χ4v) is 1.26. The quantitative estimate of drug-likeness (QED) is 0.764. The average molecular weight is 215 g/mol. The van der Waals surface area contributed by atoms with Gasteiger partial charge in [-0.1, -0.05) is 0 Å². The highest BCUT2D eigenvalue weighted by atomic mass is 32.2. The minimum absolute atomic E-state index is 0.514. The van der Waals surface area contributed by atoms with Gasteiger partial charge in [0, 0.05) is 35.4 Å². The number of aromatic nitrogens is 2. The van der Waals surface area contributed by atoms with Crippen LogP contribution in [0.5, 0.6) is 5.88 Å². The molecule has 1 rings (SSSR count). The van der Waals surface area contributed by atoms with E-state index in [2.05, 4.69) is 15.3 Å². The van der Waals surface area contributed by atoms with Crippen LogP contribution in [-0.4, -0.2) is 39.8 Å². The molecule has 0 aliphatic heterocycles. The number of rotatable bonds is 5. The minimum atomic E-state index is -0.784. The van der Waals surface area contributed by atoms with Gasteiger partial charge in [0.05, 0.1) is 7.11 Å². The second kappa shape index (κ2) is 5.54. The first kappa shape index (κ1) is 10.9. The number of nitrogens with one attached hydrogen (secondary N) is 1. The van der Waals surface area contributed by atoms with E-state index < -0.39 is 10.8 Å². The van der Waals surface area contributed by atoms with Crippen molar-refractivity contribution in [2.75, 3.05) is 31.0 Å². The number of nitrogens with zero attached hydrogens (tertiary/aromatic N) is 2. The topological polar surface area (TPSA) is 64.1 Å². The Bertz CT molecular complexity index is 319. The first-order valence-electron chi connectivity index (χ1n) is 4.12. The van der Waals surface area contributed by atoms with Gasteiger partial charge < -0.3 is 10.1 Å². The van der Waals surface area contributed by atoms with E-state index in [4.69, 9.17) is 4.74 Å². The van der Waals surface area contributed by atoms with Crippen molar-refractivity contribution in [1.29, 1.82) is 0 Å². The van der Waals surface area contributed by atoms with Gasteiger partial charge in [0.25, 0.3) is 0 Å². The minimum Gasteiger partial charge on any atom is -0.481 e. The Balaban J connectivity index is 2.46. The summed E-state index contributed by atoms with van der Waals surface area (Å²) in [6.07, 6.45) is 3.09. The Morgan fingerprint density at radius 3 is 3.00 bits per heavy atom. The van der Waals surface area contributed by atoms with Gasteiger partial charge in [-0.05, 0) is 0 Å². The molecule has 0 bridgehead atoms. The maximum Gasteiger partial charge on any atom is 0.218 e. The van der Waals surface area contributed by atoms with E-state index >= 15 is 0 Å². The second-order valence-corrected chi connectivity index (χ2v) is 4.20. The first-order chi connectivity index (χ1) is 6.72. The van der Waals surface area contributed by atoms with E-state index in [1.54, 1.807) is 19.4 Å². The van der Waals surface area contributed by atoms with Crippen molar-refractivity contribution in [1.82, 2.24) is 9.97 Å². The third kappa shape index (κ3) is 3.69. The average Bonchev–Trinajstić information content (AvgIpc) is 2.18. The van der Waals surface area contributed by atoms with E-state index in [9.17, 15) is 4.21 Å². The summed E-state index contributed by atoms with van der Waals surface area (Å²) >= 11 is 0. The Morgan fingerprint density at radius 2 is 2.36 bits per heavy atom. The summed E-state index contributed by atoms with van der Waals surface area (Å²) in [5, 5.41) is 3.03. The summed E-state index contributed by atoms with van der Waals surface area (Å²) in [4.78, 5) is 7.85. The van der Waals surface area contributed by atoms with Crippen molar-refractivity contribution in [2.24, 2.45) is 0 Å². The van der Waals surface area contributed by atoms with Crippen molar-refractivity contribution in [3.63, 3.8) is 0 Å². The van der Waals surface area contributed by atoms with Crippen LogP contribution in [0.4, 0.5) is 5.82 Å². The van der Waals surface area contributed by atoms with E-state index in [-0.39, 0.29) is 0 Å². The van der Waals surface area contributed by atoms with Crippen molar-refractivity contribution in [3.8, 4) is 5.88 Å². The largest absolute Gasteiger partial charge is 0.481 e. The Kier molecular flexibility index (Phi) is 4.31. The van der Waals surface area contributed by atoms with Crippen LogP contribution in [0, 0.1) is 0 Å². The zero-order valence-corrected chi connectivity index (χ0v) is 9.00. The lowest BCUT2D eigenvalue weighted by atomic mass is 10.5. The van der Waals surface area contributed by atoms with Gasteiger partial charge in [-0.25, -0.2) is 9.97 Å². The molecule has 0 amide bonds. The van der Waals surface area contributed by atoms with Gasteiger partial charge in [-0.15, -0.1) is 0 Å². The molecule has 0 fully saturated rings. The SMILES string of the molecule is COc1cc(NCCS(C)=O)ncn1. The van der Waals surface area contributed by atoms with E-state index in [1.165, 1.54) is 6.33 Å². The van der Waals surface area contributed by atoms with Crippen LogP contribution in [0.25, 0.3) is 0 Å². The zero-order valence-electron chi connectivity index (χ0n) is 8.19. The third-order valence-corrected chi connectivity index (χ3v) is 2.33. The van der Waals surface area contributed by atoms with Crippen molar-refractivity contribution in [3.05, 3.63) is 12.4 Å². The van der Waals surface area contributed by atoms with Crippen LogP contribution in [0.3, 0.4) is 0 Å². The summed E-state index contributed by atoms with van der Waals surface area (Å²) in [5.41, 5.74) is 0.